The first-order valence-corrected chi connectivity index (χ1v) is 8.94. The fourth-order valence-electron chi connectivity index (χ4n) is 2.64. The minimum atomic E-state index is -0.861. The third-order valence-corrected chi connectivity index (χ3v) is 4.63. The predicted molar refractivity (Wildman–Crippen MR) is 108 cm³/mol. The number of carbonyl (C=O) groups is 1. The van der Waals surface area contributed by atoms with Gasteiger partial charge in [0.1, 0.15) is 11.8 Å². The maximum Gasteiger partial charge on any atom is 0.365 e. The van der Waals surface area contributed by atoms with Crippen LogP contribution in [0.25, 0.3) is 11.3 Å². The van der Waals surface area contributed by atoms with Gasteiger partial charge in [-0.15, -0.1) is 0 Å². The van der Waals surface area contributed by atoms with Gasteiger partial charge in [0.25, 0.3) is 0 Å². The first kappa shape index (κ1) is 19.6. The van der Waals surface area contributed by atoms with E-state index in [2.05, 4.69) is 15.4 Å². The molecule has 0 spiro atoms. The molecule has 2 aromatic carbocycles. The van der Waals surface area contributed by atoms with Gasteiger partial charge in [0.05, 0.1) is 29.7 Å². The van der Waals surface area contributed by atoms with Crippen molar-refractivity contribution in [2.75, 3.05) is 12.4 Å². The SMILES string of the molecule is COc1ccc(-c2cnn([C@@H](C)C(=O)Nc3c(C)cccc3Cl)c(=O)n2)cc1. The predicted octanol–water partition coefficient (Wildman–Crippen LogP) is 3.48. The van der Waals surface area contributed by atoms with Crippen molar-refractivity contribution >= 4 is 23.2 Å². The van der Waals surface area contributed by atoms with Gasteiger partial charge in [0.15, 0.2) is 0 Å². The number of hydrogen-bond acceptors (Lipinski definition) is 5. The van der Waals surface area contributed by atoms with Crippen molar-refractivity contribution in [2.24, 2.45) is 0 Å². The van der Waals surface area contributed by atoms with Crippen molar-refractivity contribution in [1.82, 2.24) is 14.8 Å². The highest BCUT2D eigenvalue weighted by atomic mass is 35.5. The molecule has 1 atom stereocenters. The van der Waals surface area contributed by atoms with Crippen LogP contribution in [0.3, 0.4) is 0 Å². The first-order chi connectivity index (χ1) is 13.4. The second-order valence-electron chi connectivity index (χ2n) is 6.19. The van der Waals surface area contributed by atoms with Gasteiger partial charge < -0.3 is 10.1 Å². The summed E-state index contributed by atoms with van der Waals surface area (Å²) in [5.41, 5.74) is 1.85. The Morgan fingerprint density at radius 1 is 1.21 bits per heavy atom. The third-order valence-electron chi connectivity index (χ3n) is 4.32. The summed E-state index contributed by atoms with van der Waals surface area (Å²) in [6.45, 7) is 3.41. The fourth-order valence-corrected chi connectivity index (χ4v) is 2.91. The third kappa shape index (κ3) is 4.04. The van der Waals surface area contributed by atoms with Crippen molar-refractivity contribution in [3.63, 3.8) is 0 Å². The Hall–Kier alpha value is -3.19. The number of nitrogens with one attached hydrogen (secondary N) is 1. The minimum absolute atomic E-state index is 0.412. The van der Waals surface area contributed by atoms with Crippen LogP contribution >= 0.6 is 11.6 Å². The number of para-hydroxylation sites is 1. The average molecular weight is 399 g/mol. The Labute approximate surface area is 166 Å². The van der Waals surface area contributed by atoms with Crippen molar-refractivity contribution in [2.45, 2.75) is 19.9 Å². The normalized spacial score (nSPS) is 11.7. The lowest BCUT2D eigenvalue weighted by Crippen LogP contribution is -2.35. The maximum absolute atomic E-state index is 12.6. The number of halogens is 1. The van der Waals surface area contributed by atoms with Gasteiger partial charge in [0, 0.05) is 5.56 Å². The summed E-state index contributed by atoms with van der Waals surface area (Å²) in [5, 5.41) is 7.30. The summed E-state index contributed by atoms with van der Waals surface area (Å²) in [6, 6.07) is 11.6. The van der Waals surface area contributed by atoms with Crippen molar-refractivity contribution in [1.29, 1.82) is 0 Å². The zero-order chi connectivity index (χ0) is 20.3. The molecule has 0 aliphatic heterocycles. The molecular formula is C20H19ClN4O3. The van der Waals surface area contributed by atoms with Gasteiger partial charge in [-0.25, -0.2) is 9.48 Å². The number of ether oxygens (including phenoxy) is 1. The number of anilines is 1. The molecule has 0 fully saturated rings. The fraction of sp³-hybridized carbons (Fsp3) is 0.200. The summed E-state index contributed by atoms with van der Waals surface area (Å²) >= 11 is 6.15. The molecule has 0 radical (unpaired) electrons. The zero-order valence-corrected chi connectivity index (χ0v) is 16.4. The second kappa shape index (κ2) is 8.22. The highest BCUT2D eigenvalue weighted by molar-refractivity contribution is 6.34. The largest absolute Gasteiger partial charge is 0.497 e. The van der Waals surface area contributed by atoms with E-state index in [1.165, 1.54) is 6.20 Å². The van der Waals surface area contributed by atoms with E-state index < -0.39 is 17.6 Å². The summed E-state index contributed by atoms with van der Waals surface area (Å²) in [7, 11) is 1.58. The Morgan fingerprint density at radius 2 is 1.93 bits per heavy atom. The molecule has 1 amide bonds. The molecule has 0 saturated heterocycles. The first-order valence-electron chi connectivity index (χ1n) is 8.57. The minimum Gasteiger partial charge on any atom is -0.497 e. The number of hydrogen-bond donors (Lipinski definition) is 1. The summed E-state index contributed by atoms with van der Waals surface area (Å²) < 4.78 is 6.15. The lowest BCUT2D eigenvalue weighted by molar-refractivity contribution is -0.119. The van der Waals surface area contributed by atoms with Crippen molar-refractivity contribution in [3.8, 4) is 17.0 Å². The van der Waals surface area contributed by atoms with Crippen molar-refractivity contribution < 1.29 is 9.53 Å². The zero-order valence-electron chi connectivity index (χ0n) is 15.6. The van der Waals surface area contributed by atoms with E-state index >= 15 is 0 Å². The van der Waals surface area contributed by atoms with Crippen LogP contribution < -0.4 is 15.7 Å². The monoisotopic (exact) mass is 398 g/mol. The van der Waals surface area contributed by atoms with E-state index in [9.17, 15) is 9.59 Å². The average Bonchev–Trinajstić information content (AvgIpc) is 2.70. The van der Waals surface area contributed by atoms with Gasteiger partial charge in [-0.3, -0.25) is 4.79 Å². The molecule has 1 aromatic heterocycles. The van der Waals surface area contributed by atoms with Crippen LogP contribution in [0.15, 0.2) is 53.5 Å². The molecular weight excluding hydrogens is 380 g/mol. The molecule has 3 rings (SSSR count). The van der Waals surface area contributed by atoms with E-state index in [0.29, 0.717) is 22.2 Å². The number of methoxy groups -OCH3 is 1. The van der Waals surface area contributed by atoms with E-state index in [0.717, 1.165) is 15.8 Å². The summed E-state index contributed by atoms with van der Waals surface area (Å²) in [5.74, 6) is 0.287. The smallest absolute Gasteiger partial charge is 0.365 e. The second-order valence-corrected chi connectivity index (χ2v) is 6.60. The van der Waals surface area contributed by atoms with E-state index in [4.69, 9.17) is 16.3 Å². The maximum atomic E-state index is 12.6. The topological polar surface area (TPSA) is 86.1 Å². The van der Waals surface area contributed by atoms with Crippen LogP contribution in [0.4, 0.5) is 5.69 Å². The van der Waals surface area contributed by atoms with Gasteiger partial charge in [-0.1, -0.05) is 23.7 Å². The van der Waals surface area contributed by atoms with Gasteiger partial charge >= 0.3 is 5.69 Å². The number of benzene rings is 2. The van der Waals surface area contributed by atoms with Crippen LogP contribution in [0.5, 0.6) is 5.75 Å². The highest BCUT2D eigenvalue weighted by Gasteiger charge is 2.20. The number of rotatable bonds is 5. The Kier molecular flexibility index (Phi) is 5.75. The lowest BCUT2D eigenvalue weighted by atomic mass is 10.1. The van der Waals surface area contributed by atoms with Crippen LogP contribution in [0.1, 0.15) is 18.5 Å². The molecule has 0 unspecified atom stereocenters. The molecule has 8 heteroatoms. The molecule has 1 N–H and O–H groups in total. The van der Waals surface area contributed by atoms with Crippen LogP contribution in [0, 0.1) is 6.92 Å². The summed E-state index contributed by atoms with van der Waals surface area (Å²) in [6.07, 6.45) is 1.45. The Morgan fingerprint density at radius 3 is 2.54 bits per heavy atom. The van der Waals surface area contributed by atoms with Crippen LogP contribution in [-0.4, -0.2) is 27.8 Å². The number of amides is 1. The standard InChI is InChI=1S/C20H19ClN4O3/c1-12-5-4-6-16(21)18(12)24-19(26)13(2)25-20(27)23-17(11-22-25)14-7-9-15(28-3)10-8-14/h4-11,13H,1-3H3,(H,24,26)/t13-/m0/s1. The van der Waals surface area contributed by atoms with Gasteiger partial charge in [-0.2, -0.15) is 10.1 Å². The molecule has 0 aliphatic carbocycles. The molecule has 0 saturated carbocycles. The molecule has 0 aliphatic rings. The number of nitrogens with zero attached hydrogens (tertiary/aromatic N) is 3. The van der Waals surface area contributed by atoms with E-state index in [1.807, 2.05) is 13.0 Å². The van der Waals surface area contributed by atoms with Crippen LogP contribution in [0.2, 0.25) is 5.02 Å². The van der Waals surface area contributed by atoms with Gasteiger partial charge in [0.2, 0.25) is 5.91 Å². The van der Waals surface area contributed by atoms with E-state index in [-0.39, 0.29) is 0 Å². The molecule has 3 aromatic rings. The quantitative estimate of drug-likeness (QED) is 0.711. The van der Waals surface area contributed by atoms with Crippen LogP contribution in [-0.2, 0) is 4.79 Å². The lowest BCUT2D eigenvalue weighted by Gasteiger charge is -2.16. The molecule has 28 heavy (non-hydrogen) atoms. The van der Waals surface area contributed by atoms with E-state index in [1.54, 1.807) is 50.4 Å². The Bertz CT molecular complexity index is 1040. The highest BCUT2D eigenvalue weighted by Crippen LogP contribution is 2.26. The molecule has 0 bridgehead atoms. The molecule has 1 heterocycles. The molecule has 7 nitrogen and oxygen atoms in total. The Balaban J connectivity index is 1.83. The van der Waals surface area contributed by atoms with Gasteiger partial charge in [-0.05, 0) is 49.7 Å². The summed E-state index contributed by atoms with van der Waals surface area (Å²) in [4.78, 5) is 29.1. The number of aromatic nitrogens is 3. The number of carbonyl (C=O) groups excluding carboxylic acids is 1. The number of aryl methyl sites for hydroxylation is 1. The molecule has 144 valence electrons. The van der Waals surface area contributed by atoms with Crippen molar-refractivity contribution in [3.05, 3.63) is 69.7 Å².